The summed E-state index contributed by atoms with van der Waals surface area (Å²) in [6.45, 7) is 0. The summed E-state index contributed by atoms with van der Waals surface area (Å²) in [5, 5.41) is 0. The van der Waals surface area contributed by atoms with Gasteiger partial charge in [0.2, 0.25) is 0 Å². The van der Waals surface area contributed by atoms with Crippen LogP contribution in [-0.2, 0) is 4.79 Å². The molecule has 1 heteroatoms. The van der Waals surface area contributed by atoms with Gasteiger partial charge in [0.25, 0.3) is 0 Å². The molecule has 0 aromatic carbocycles. The van der Waals surface area contributed by atoms with Gasteiger partial charge in [-0.2, -0.15) is 0 Å². The average molecular weight is 158 g/mol. The first kappa shape index (κ1) is 7.29. The van der Waals surface area contributed by atoms with Gasteiger partial charge in [-0.3, -0.25) is 4.79 Å². The summed E-state index contributed by atoms with van der Waals surface area (Å²) in [5.74, 6) is 0. The van der Waals surface area contributed by atoms with Crippen LogP contribution in [0.1, 0.15) is 12.8 Å². The first-order valence-electron chi connectivity index (χ1n) is 4.14. The van der Waals surface area contributed by atoms with Crippen LogP contribution in [-0.4, -0.2) is 6.29 Å². The van der Waals surface area contributed by atoms with E-state index in [2.05, 4.69) is 18.2 Å². The van der Waals surface area contributed by atoms with E-state index in [0.29, 0.717) is 0 Å². The van der Waals surface area contributed by atoms with Gasteiger partial charge in [0.05, 0.1) is 0 Å². The lowest BCUT2D eigenvalue weighted by molar-refractivity contribution is -0.104. The number of hydrogen-bond acceptors (Lipinski definition) is 1. The smallest absolute Gasteiger partial charge is 0.150 e. The van der Waals surface area contributed by atoms with E-state index in [1.807, 2.05) is 12.2 Å². The molecule has 0 heterocycles. The summed E-state index contributed by atoms with van der Waals surface area (Å²) in [5.41, 5.74) is 3.24. The van der Waals surface area contributed by atoms with E-state index in [1.54, 1.807) is 0 Å². The van der Waals surface area contributed by atoms with E-state index in [9.17, 15) is 4.79 Å². The van der Waals surface area contributed by atoms with E-state index in [0.717, 1.165) is 24.7 Å². The Kier molecular flexibility index (Phi) is 1.78. The van der Waals surface area contributed by atoms with Gasteiger partial charge in [0, 0.05) is 5.57 Å². The number of carbonyl (C=O) groups is 1. The standard InChI is InChI=1S/C11H10O/c12-8-10-6-3-7-11(10)9-4-1-2-5-9/h1,3-6,8H,2,7H2. The van der Waals surface area contributed by atoms with E-state index in [-0.39, 0.29) is 0 Å². The van der Waals surface area contributed by atoms with Crippen LogP contribution in [0, 0.1) is 0 Å². The van der Waals surface area contributed by atoms with Crippen LogP contribution in [0.5, 0.6) is 0 Å². The highest BCUT2D eigenvalue weighted by Crippen LogP contribution is 2.28. The maximum absolute atomic E-state index is 10.6. The Morgan fingerprint density at radius 2 is 2.17 bits per heavy atom. The Morgan fingerprint density at radius 1 is 1.25 bits per heavy atom. The third-order valence-corrected chi connectivity index (χ3v) is 2.21. The second kappa shape index (κ2) is 2.94. The van der Waals surface area contributed by atoms with Crippen molar-refractivity contribution in [3.8, 4) is 0 Å². The topological polar surface area (TPSA) is 17.1 Å². The molecule has 2 aliphatic rings. The normalized spacial score (nSPS) is 20.5. The summed E-state index contributed by atoms with van der Waals surface area (Å²) in [6.07, 6.45) is 13.1. The molecule has 0 bridgehead atoms. The fourth-order valence-electron chi connectivity index (χ4n) is 1.60. The molecule has 0 atom stereocenters. The quantitative estimate of drug-likeness (QED) is 0.564. The summed E-state index contributed by atoms with van der Waals surface area (Å²) in [4.78, 5) is 10.6. The van der Waals surface area contributed by atoms with Crippen LogP contribution in [0.25, 0.3) is 0 Å². The number of hydrogen-bond donors (Lipinski definition) is 0. The molecule has 12 heavy (non-hydrogen) atoms. The molecule has 0 aliphatic heterocycles. The summed E-state index contributed by atoms with van der Waals surface area (Å²) in [6, 6.07) is 0. The molecule has 0 saturated carbocycles. The van der Waals surface area contributed by atoms with Crippen molar-refractivity contribution < 1.29 is 4.79 Å². The highest BCUT2D eigenvalue weighted by atomic mass is 16.1. The summed E-state index contributed by atoms with van der Waals surface area (Å²) < 4.78 is 0. The molecule has 0 spiro atoms. The van der Waals surface area contributed by atoms with E-state index in [1.165, 1.54) is 11.1 Å². The van der Waals surface area contributed by atoms with Crippen molar-refractivity contribution in [3.63, 3.8) is 0 Å². The molecule has 60 valence electrons. The van der Waals surface area contributed by atoms with E-state index < -0.39 is 0 Å². The second-order valence-electron chi connectivity index (χ2n) is 2.96. The van der Waals surface area contributed by atoms with Gasteiger partial charge in [-0.05, 0) is 24.0 Å². The summed E-state index contributed by atoms with van der Waals surface area (Å²) >= 11 is 0. The van der Waals surface area contributed by atoms with E-state index in [4.69, 9.17) is 0 Å². The zero-order chi connectivity index (χ0) is 8.39. The monoisotopic (exact) mass is 158 g/mol. The molecule has 0 radical (unpaired) electrons. The third-order valence-electron chi connectivity index (χ3n) is 2.21. The second-order valence-corrected chi connectivity index (χ2v) is 2.96. The highest BCUT2D eigenvalue weighted by Gasteiger charge is 2.12. The number of allylic oxidation sites excluding steroid dienone is 8. The van der Waals surface area contributed by atoms with Crippen LogP contribution >= 0.6 is 0 Å². The number of carbonyl (C=O) groups excluding carboxylic acids is 1. The van der Waals surface area contributed by atoms with Gasteiger partial charge < -0.3 is 0 Å². The zero-order valence-electron chi connectivity index (χ0n) is 6.79. The van der Waals surface area contributed by atoms with Crippen molar-refractivity contribution >= 4 is 6.29 Å². The molecule has 0 aromatic rings. The van der Waals surface area contributed by atoms with Gasteiger partial charge in [-0.1, -0.05) is 30.4 Å². The molecule has 2 aliphatic carbocycles. The summed E-state index contributed by atoms with van der Waals surface area (Å²) in [7, 11) is 0. The van der Waals surface area contributed by atoms with Crippen molar-refractivity contribution in [1.29, 1.82) is 0 Å². The fourth-order valence-corrected chi connectivity index (χ4v) is 1.60. The zero-order valence-corrected chi connectivity index (χ0v) is 6.79. The SMILES string of the molecule is O=CC1=C(C2=CCC=C2)CC=C1. The maximum atomic E-state index is 10.6. The highest BCUT2D eigenvalue weighted by molar-refractivity contribution is 5.82. The van der Waals surface area contributed by atoms with Crippen molar-refractivity contribution in [3.05, 3.63) is 47.1 Å². The van der Waals surface area contributed by atoms with Crippen molar-refractivity contribution in [2.45, 2.75) is 12.8 Å². The van der Waals surface area contributed by atoms with Crippen molar-refractivity contribution in [2.75, 3.05) is 0 Å². The molecule has 0 fully saturated rings. The molecular weight excluding hydrogens is 148 g/mol. The molecule has 1 nitrogen and oxygen atoms in total. The lowest BCUT2D eigenvalue weighted by Gasteiger charge is -2.00. The van der Waals surface area contributed by atoms with Crippen molar-refractivity contribution in [1.82, 2.24) is 0 Å². The van der Waals surface area contributed by atoms with Crippen molar-refractivity contribution in [2.24, 2.45) is 0 Å². The minimum Gasteiger partial charge on any atom is -0.298 e. The molecule has 2 rings (SSSR count). The number of aldehydes is 1. The third kappa shape index (κ3) is 1.07. The molecule has 0 unspecified atom stereocenters. The molecule has 0 amide bonds. The van der Waals surface area contributed by atoms with Gasteiger partial charge in [0.15, 0.2) is 0 Å². The minimum atomic E-state index is 0.841. The van der Waals surface area contributed by atoms with Crippen LogP contribution in [0.2, 0.25) is 0 Å². The predicted molar refractivity (Wildman–Crippen MR) is 48.7 cm³/mol. The Morgan fingerprint density at radius 3 is 2.83 bits per heavy atom. The Hall–Kier alpha value is -1.37. The van der Waals surface area contributed by atoms with Crippen LogP contribution in [0.4, 0.5) is 0 Å². The Bertz CT molecular complexity index is 327. The minimum absolute atomic E-state index is 0.841. The molecule has 0 saturated heterocycles. The molecule has 0 N–H and O–H groups in total. The first-order chi connectivity index (χ1) is 5.92. The van der Waals surface area contributed by atoms with Crippen LogP contribution in [0.15, 0.2) is 47.1 Å². The van der Waals surface area contributed by atoms with Gasteiger partial charge in [-0.25, -0.2) is 0 Å². The van der Waals surface area contributed by atoms with Gasteiger partial charge >= 0.3 is 0 Å². The average Bonchev–Trinajstić information content (AvgIpc) is 2.74. The largest absolute Gasteiger partial charge is 0.298 e. The van der Waals surface area contributed by atoms with Gasteiger partial charge in [0.1, 0.15) is 6.29 Å². The van der Waals surface area contributed by atoms with Gasteiger partial charge in [-0.15, -0.1) is 0 Å². The molecular formula is C11H10O. The lowest BCUT2D eigenvalue weighted by Crippen LogP contribution is -1.87. The van der Waals surface area contributed by atoms with Crippen LogP contribution in [0.3, 0.4) is 0 Å². The van der Waals surface area contributed by atoms with Crippen LogP contribution < -0.4 is 0 Å². The maximum Gasteiger partial charge on any atom is 0.150 e. The Balaban J connectivity index is 2.35. The first-order valence-corrected chi connectivity index (χ1v) is 4.14. The Labute approximate surface area is 71.8 Å². The lowest BCUT2D eigenvalue weighted by atomic mass is 10.0. The fraction of sp³-hybridized carbons (Fsp3) is 0.182. The molecule has 0 aromatic heterocycles. The predicted octanol–water partition coefficient (Wildman–Crippen LogP) is 2.33. The number of rotatable bonds is 2. The van der Waals surface area contributed by atoms with E-state index >= 15 is 0 Å².